The molecule has 3 aromatic rings. The van der Waals surface area contributed by atoms with Crippen LogP contribution in [0.15, 0.2) is 60.7 Å². The second kappa shape index (κ2) is 8.80. The molecule has 7 heteroatoms. The quantitative estimate of drug-likeness (QED) is 0.558. The van der Waals surface area contributed by atoms with E-state index >= 15 is 0 Å². The molecule has 178 valence electrons. The summed E-state index contributed by atoms with van der Waals surface area (Å²) in [5.74, 6) is -0.0354. The van der Waals surface area contributed by atoms with Crippen LogP contribution >= 0.6 is 0 Å². The van der Waals surface area contributed by atoms with Gasteiger partial charge in [0.15, 0.2) is 0 Å². The number of nitrogens with one attached hydrogen (secondary N) is 2. The minimum absolute atomic E-state index is 0.0354. The topological polar surface area (TPSA) is 68.2 Å². The van der Waals surface area contributed by atoms with Crippen LogP contribution in [0.25, 0.3) is 0 Å². The molecule has 1 amide bonds. The van der Waals surface area contributed by atoms with E-state index in [1.54, 1.807) is 0 Å². The number of carbonyl (C=O) groups is 1. The first-order valence-electron chi connectivity index (χ1n) is 12.2. The molecular weight excluding hydrogens is 440 g/mol. The highest BCUT2D eigenvalue weighted by Crippen LogP contribution is 2.37. The van der Waals surface area contributed by atoms with Crippen molar-refractivity contribution in [3.05, 3.63) is 77.6 Å². The van der Waals surface area contributed by atoms with E-state index in [9.17, 15) is 4.79 Å². The summed E-state index contributed by atoms with van der Waals surface area (Å²) < 4.78 is 9.11. The van der Waals surface area contributed by atoms with Crippen LogP contribution in [0.3, 0.4) is 0 Å². The molecule has 0 saturated heterocycles. The van der Waals surface area contributed by atoms with Gasteiger partial charge in [-0.3, -0.25) is 9.48 Å². The number of amides is 1. The lowest BCUT2D eigenvalue weighted by Crippen LogP contribution is -2.67. The van der Waals surface area contributed by atoms with Crippen LogP contribution in [-0.2, 0) is 17.4 Å². The number of aromatic nitrogens is 2. The maximum Gasteiger partial charge on any atom is 0.269 e. The molecule has 0 saturated carbocycles. The Morgan fingerprint density at radius 1 is 1.06 bits per heavy atom. The molecule has 2 N–H and O–H groups in total. The fourth-order valence-electron chi connectivity index (χ4n) is 5.50. The van der Waals surface area contributed by atoms with Crippen LogP contribution in [0.2, 0.25) is 5.04 Å². The number of nitrogens with zero attached hydrogens (tertiary/aromatic N) is 2. The van der Waals surface area contributed by atoms with E-state index in [2.05, 4.69) is 99.0 Å². The maximum absolute atomic E-state index is 12.8. The highest BCUT2D eigenvalue weighted by Gasteiger charge is 2.50. The van der Waals surface area contributed by atoms with Crippen molar-refractivity contribution in [2.75, 3.05) is 13.2 Å². The van der Waals surface area contributed by atoms with Gasteiger partial charge in [-0.1, -0.05) is 81.4 Å². The normalized spacial score (nSPS) is 20.4. The van der Waals surface area contributed by atoms with E-state index in [0.29, 0.717) is 31.4 Å². The molecule has 6 nitrogen and oxygen atoms in total. The summed E-state index contributed by atoms with van der Waals surface area (Å²) in [5.41, 5.74) is 2.76. The first-order chi connectivity index (χ1) is 16.3. The number of rotatable bonds is 5. The zero-order chi connectivity index (χ0) is 23.9. The van der Waals surface area contributed by atoms with Gasteiger partial charge in [-0.2, -0.15) is 5.10 Å². The zero-order valence-electron chi connectivity index (χ0n) is 20.5. The van der Waals surface area contributed by atoms with Gasteiger partial charge in [-0.05, 0) is 22.3 Å². The fourth-order valence-corrected chi connectivity index (χ4v) is 10.1. The summed E-state index contributed by atoms with van der Waals surface area (Å²) in [7, 11) is -2.66. The van der Waals surface area contributed by atoms with Gasteiger partial charge in [0, 0.05) is 31.1 Å². The Morgan fingerprint density at radius 3 is 2.26 bits per heavy atom. The van der Waals surface area contributed by atoms with Gasteiger partial charge >= 0.3 is 0 Å². The monoisotopic (exact) mass is 474 g/mol. The van der Waals surface area contributed by atoms with Crippen LogP contribution in [0.1, 0.15) is 55.5 Å². The third-order valence-electron chi connectivity index (χ3n) is 7.19. The number of hydrogen-bond acceptors (Lipinski definition) is 4. The molecule has 0 bridgehead atoms. The molecule has 34 heavy (non-hydrogen) atoms. The summed E-state index contributed by atoms with van der Waals surface area (Å²) in [6, 6.07) is 21.7. The molecule has 5 rings (SSSR count). The summed E-state index contributed by atoms with van der Waals surface area (Å²) in [4.78, 5) is 12.8. The lowest BCUT2D eigenvalue weighted by molar-refractivity contribution is 0.0889. The Kier molecular flexibility index (Phi) is 5.96. The minimum Gasteiger partial charge on any atom is -0.405 e. The number of carbonyl (C=O) groups excluding carboxylic acids is 1. The van der Waals surface area contributed by atoms with Crippen LogP contribution in [0.4, 0.5) is 0 Å². The molecule has 2 aliphatic rings. The molecule has 2 atom stereocenters. The fraction of sp³-hybridized carbons (Fsp3) is 0.407. The van der Waals surface area contributed by atoms with Crippen LogP contribution in [0, 0.1) is 0 Å². The molecule has 0 radical (unpaired) electrons. The molecule has 1 aromatic heterocycles. The molecule has 0 fully saturated rings. The van der Waals surface area contributed by atoms with Crippen molar-refractivity contribution in [3.63, 3.8) is 0 Å². The van der Waals surface area contributed by atoms with Crippen molar-refractivity contribution in [2.24, 2.45) is 0 Å². The smallest absolute Gasteiger partial charge is 0.269 e. The van der Waals surface area contributed by atoms with Crippen molar-refractivity contribution in [1.82, 2.24) is 20.4 Å². The van der Waals surface area contributed by atoms with Crippen molar-refractivity contribution >= 4 is 24.6 Å². The van der Waals surface area contributed by atoms with Crippen LogP contribution in [0.5, 0.6) is 0 Å². The van der Waals surface area contributed by atoms with E-state index in [0.717, 1.165) is 17.7 Å². The second-order valence-electron chi connectivity index (χ2n) is 10.5. The maximum atomic E-state index is 12.8. The van der Waals surface area contributed by atoms with E-state index in [-0.39, 0.29) is 17.0 Å². The highest BCUT2D eigenvalue weighted by atomic mass is 28.4. The highest BCUT2D eigenvalue weighted by molar-refractivity contribution is 6.99. The first kappa shape index (κ1) is 23.0. The molecular formula is C27H34N4O2Si. The number of benzene rings is 2. The average molecular weight is 475 g/mol. The van der Waals surface area contributed by atoms with Crippen molar-refractivity contribution in [2.45, 2.75) is 57.8 Å². The predicted molar refractivity (Wildman–Crippen MR) is 137 cm³/mol. The van der Waals surface area contributed by atoms with E-state index in [1.165, 1.54) is 10.4 Å². The Morgan fingerprint density at radius 2 is 1.68 bits per heavy atom. The van der Waals surface area contributed by atoms with Crippen molar-refractivity contribution in [3.8, 4) is 0 Å². The summed E-state index contributed by atoms with van der Waals surface area (Å²) >= 11 is 0. The Balaban J connectivity index is 1.55. The first-order valence-corrected chi connectivity index (χ1v) is 14.1. The van der Waals surface area contributed by atoms with Gasteiger partial charge in [0.1, 0.15) is 5.69 Å². The lowest BCUT2D eigenvalue weighted by atomic mass is 10.0. The predicted octanol–water partition coefficient (Wildman–Crippen LogP) is 2.78. The zero-order valence-corrected chi connectivity index (χ0v) is 21.5. The van der Waals surface area contributed by atoms with E-state index in [1.807, 2.05) is 4.68 Å². The van der Waals surface area contributed by atoms with Gasteiger partial charge < -0.3 is 15.1 Å². The third-order valence-corrected chi connectivity index (χ3v) is 12.2. The Bertz CT molecular complexity index is 1130. The Hall–Kier alpha value is -2.74. The number of hydrogen-bond donors (Lipinski definition) is 2. The largest absolute Gasteiger partial charge is 0.405 e. The van der Waals surface area contributed by atoms with Gasteiger partial charge in [0.05, 0.1) is 18.3 Å². The molecule has 0 unspecified atom stereocenters. The summed E-state index contributed by atoms with van der Waals surface area (Å²) in [6.45, 7) is 10.7. The molecule has 0 spiro atoms. The number of fused-ring (bicyclic) bond motifs is 3. The lowest BCUT2D eigenvalue weighted by Gasteiger charge is -2.44. The van der Waals surface area contributed by atoms with Gasteiger partial charge in [0.25, 0.3) is 14.2 Å². The average Bonchev–Trinajstić information content (AvgIpc) is 3.21. The van der Waals surface area contributed by atoms with Crippen molar-refractivity contribution in [1.29, 1.82) is 0 Å². The SMILES string of the molecule is C[C@@H]1Cc2nn3c(c2CN1)C(=O)NC[C@H]3CO[Si](c1ccccc1)(c1ccccc1)C(C)(C)C. The standard InChI is InChI=1S/C27H34N4O2Si/c1-19-15-24-23(17-28-19)25-26(32)29-16-20(31(25)30-24)18-33-34(27(2,3)4,21-11-7-5-8-12-21)22-13-9-6-10-14-22/h5-14,19-20,28H,15-18H2,1-4H3,(H,29,32)/t19-,20+/m1/s1. The van der Waals surface area contributed by atoms with Gasteiger partial charge in [-0.15, -0.1) is 0 Å². The summed E-state index contributed by atoms with van der Waals surface area (Å²) in [6.07, 6.45) is 0.838. The van der Waals surface area contributed by atoms with Gasteiger partial charge in [0.2, 0.25) is 0 Å². The molecule has 2 aliphatic heterocycles. The molecule has 3 heterocycles. The Labute approximate surface area is 202 Å². The van der Waals surface area contributed by atoms with E-state index in [4.69, 9.17) is 9.52 Å². The molecule has 2 aromatic carbocycles. The van der Waals surface area contributed by atoms with Crippen molar-refractivity contribution < 1.29 is 9.22 Å². The van der Waals surface area contributed by atoms with Gasteiger partial charge in [-0.25, -0.2) is 0 Å². The molecule has 0 aliphatic carbocycles. The minimum atomic E-state index is -2.66. The van der Waals surface area contributed by atoms with E-state index < -0.39 is 8.32 Å². The van der Waals surface area contributed by atoms with Crippen LogP contribution < -0.4 is 21.0 Å². The third kappa shape index (κ3) is 3.81. The summed E-state index contributed by atoms with van der Waals surface area (Å²) in [5, 5.41) is 13.9. The second-order valence-corrected chi connectivity index (χ2v) is 14.8. The van der Waals surface area contributed by atoms with Crippen LogP contribution in [-0.4, -0.2) is 43.2 Å².